The molecule has 1 fully saturated rings. The normalized spacial score (nSPS) is 32.0. The summed E-state index contributed by atoms with van der Waals surface area (Å²) in [7, 11) is 0. The molecule has 9 nitrogen and oxygen atoms in total. The van der Waals surface area contributed by atoms with Crippen molar-refractivity contribution in [2.75, 3.05) is 0 Å². The van der Waals surface area contributed by atoms with E-state index in [1.165, 1.54) is 78.9 Å². The maximum atomic E-state index is 13.6. The highest BCUT2D eigenvalue weighted by Crippen LogP contribution is 2.47. The quantitative estimate of drug-likeness (QED) is 0.258. The average Bonchev–Trinajstić information content (AvgIpc) is 2.94. The van der Waals surface area contributed by atoms with Gasteiger partial charge in [0.25, 0.3) is 0 Å². The first-order valence-electron chi connectivity index (χ1n) is 11.0. The van der Waals surface area contributed by atoms with Gasteiger partial charge in [0.05, 0.1) is 0 Å². The third kappa shape index (κ3) is 3.45. The number of hydrogen-bond acceptors (Lipinski definition) is 9. The van der Waals surface area contributed by atoms with E-state index in [-0.39, 0.29) is 16.7 Å². The molecule has 3 aromatic carbocycles. The van der Waals surface area contributed by atoms with Crippen molar-refractivity contribution in [3.05, 3.63) is 108 Å². The molecule has 0 aliphatic heterocycles. The third-order valence-electron chi connectivity index (χ3n) is 6.74. The number of rotatable bonds is 6. The molecule has 0 aromatic heterocycles. The molecule has 0 heterocycles. The van der Waals surface area contributed by atoms with E-state index < -0.39 is 52.5 Å². The van der Waals surface area contributed by atoms with Crippen molar-refractivity contribution in [3.8, 4) is 0 Å². The van der Waals surface area contributed by atoms with Crippen molar-refractivity contribution in [2.24, 2.45) is 0 Å². The van der Waals surface area contributed by atoms with E-state index in [0.717, 1.165) is 0 Å². The lowest BCUT2D eigenvalue weighted by molar-refractivity contribution is -0.293. The molecule has 0 amide bonds. The summed E-state index contributed by atoms with van der Waals surface area (Å²) < 4.78 is 0. The van der Waals surface area contributed by atoms with Crippen LogP contribution in [-0.2, 0) is 0 Å². The summed E-state index contributed by atoms with van der Waals surface area (Å²) in [5.74, 6) is -4.24. The van der Waals surface area contributed by atoms with Crippen molar-refractivity contribution >= 4 is 17.3 Å². The maximum Gasteiger partial charge on any atom is 0.200 e. The number of Topliss-reactive ketones (excluding diaryl/α,β-unsaturated/α-hetero) is 3. The number of hydrogen-bond donors (Lipinski definition) is 6. The summed E-state index contributed by atoms with van der Waals surface area (Å²) >= 11 is 0. The highest BCUT2D eigenvalue weighted by atomic mass is 16.5. The van der Waals surface area contributed by atoms with Gasteiger partial charge in [-0.1, -0.05) is 91.0 Å². The van der Waals surface area contributed by atoms with Crippen LogP contribution in [-0.4, -0.2) is 83.1 Å². The Morgan fingerprint density at radius 3 is 1.22 bits per heavy atom. The lowest BCUT2D eigenvalue weighted by Gasteiger charge is -2.56. The molecule has 6 atom stereocenters. The van der Waals surface area contributed by atoms with Gasteiger partial charge in [0.1, 0.15) is 18.3 Å². The van der Waals surface area contributed by atoms with Gasteiger partial charge in [-0.2, -0.15) is 0 Å². The van der Waals surface area contributed by atoms with E-state index in [4.69, 9.17) is 0 Å². The van der Waals surface area contributed by atoms with Crippen LogP contribution in [0, 0.1) is 0 Å². The van der Waals surface area contributed by atoms with Gasteiger partial charge >= 0.3 is 0 Å². The van der Waals surface area contributed by atoms with Crippen molar-refractivity contribution in [1.29, 1.82) is 0 Å². The SMILES string of the molecule is O=C(c1ccccc1)[C@]1(O)[C@@H](O)[C@](O)(C(=O)c2ccccc2)[C@@](O)(C(=O)c2ccccc2)[C@@H](O)[C@@H]1O. The van der Waals surface area contributed by atoms with Crippen LogP contribution in [0.4, 0.5) is 0 Å². The predicted octanol–water partition coefficient (Wildman–Crippen LogP) is -0.0753. The summed E-state index contributed by atoms with van der Waals surface area (Å²) in [5.41, 5.74) is -11.5. The molecule has 0 spiro atoms. The Bertz CT molecular complexity index is 1280. The number of ketones is 3. The second-order valence-electron chi connectivity index (χ2n) is 8.74. The third-order valence-corrected chi connectivity index (χ3v) is 6.74. The minimum absolute atomic E-state index is 0.236. The average molecular weight is 492 g/mol. The molecule has 1 saturated carbocycles. The van der Waals surface area contributed by atoms with Gasteiger partial charge in [0.15, 0.2) is 22.6 Å². The van der Waals surface area contributed by atoms with Gasteiger partial charge in [-0.25, -0.2) is 0 Å². The van der Waals surface area contributed by atoms with Gasteiger partial charge in [-0.05, 0) is 0 Å². The molecule has 3 aromatic rings. The van der Waals surface area contributed by atoms with Crippen LogP contribution >= 0.6 is 0 Å². The van der Waals surface area contributed by atoms with Crippen molar-refractivity contribution < 1.29 is 45.0 Å². The highest BCUT2D eigenvalue weighted by molar-refractivity contribution is 6.15. The monoisotopic (exact) mass is 492 g/mol. The molecule has 0 radical (unpaired) electrons. The van der Waals surface area contributed by atoms with Crippen LogP contribution in [0.25, 0.3) is 0 Å². The zero-order valence-corrected chi connectivity index (χ0v) is 18.8. The maximum absolute atomic E-state index is 13.6. The second kappa shape index (κ2) is 9.14. The molecule has 0 bridgehead atoms. The minimum Gasteiger partial charge on any atom is -0.387 e. The predicted molar refractivity (Wildman–Crippen MR) is 125 cm³/mol. The van der Waals surface area contributed by atoms with Gasteiger partial charge in [0.2, 0.25) is 11.6 Å². The second-order valence-corrected chi connectivity index (χ2v) is 8.74. The molecule has 36 heavy (non-hydrogen) atoms. The lowest BCUT2D eigenvalue weighted by Crippen LogP contribution is -2.87. The van der Waals surface area contributed by atoms with Gasteiger partial charge < -0.3 is 30.6 Å². The van der Waals surface area contributed by atoms with Crippen molar-refractivity contribution in [2.45, 2.75) is 35.1 Å². The lowest BCUT2D eigenvalue weighted by atomic mass is 9.55. The van der Waals surface area contributed by atoms with Crippen LogP contribution < -0.4 is 0 Å². The first kappa shape index (κ1) is 25.5. The molecular formula is C27H24O9. The Kier molecular flexibility index (Phi) is 6.48. The topological polar surface area (TPSA) is 173 Å². The molecule has 186 valence electrons. The molecule has 4 rings (SSSR count). The fourth-order valence-electron chi connectivity index (χ4n) is 4.69. The Balaban J connectivity index is 1.97. The Labute approximate surface area is 205 Å². The summed E-state index contributed by atoms with van der Waals surface area (Å²) in [6, 6.07) is 20.4. The van der Waals surface area contributed by atoms with Crippen LogP contribution in [0.3, 0.4) is 0 Å². The highest BCUT2D eigenvalue weighted by Gasteiger charge is 2.78. The molecule has 0 saturated heterocycles. The minimum atomic E-state index is -3.68. The zero-order chi connectivity index (χ0) is 26.3. The smallest absolute Gasteiger partial charge is 0.200 e. The van der Waals surface area contributed by atoms with Gasteiger partial charge in [0, 0.05) is 16.7 Å². The van der Waals surface area contributed by atoms with Crippen LogP contribution in [0.5, 0.6) is 0 Å². The summed E-state index contributed by atoms with van der Waals surface area (Å²) in [6.07, 6.45) is -8.44. The largest absolute Gasteiger partial charge is 0.387 e. The van der Waals surface area contributed by atoms with Crippen LogP contribution in [0.1, 0.15) is 31.1 Å². The standard InChI is InChI=1S/C27H24O9/c28-19(16-10-4-1-5-11-16)25(34)22(31)23(32)26(35,20(29)17-12-6-2-7-13-17)27(36,24(25)33)21(30)18-14-8-3-9-15-18/h1-15,22-24,31-36H/t22-,23-,24+,25+,26+,27+/m0/s1. The van der Waals surface area contributed by atoms with E-state index in [1.54, 1.807) is 12.1 Å². The first-order chi connectivity index (χ1) is 17.0. The molecule has 6 N–H and O–H groups in total. The Morgan fingerprint density at radius 1 is 0.500 bits per heavy atom. The number of aliphatic hydroxyl groups excluding tert-OH is 3. The molecule has 1 aliphatic carbocycles. The molecule has 1 aliphatic rings. The molecule has 0 unspecified atom stereocenters. The first-order valence-corrected chi connectivity index (χ1v) is 11.0. The Hall–Kier alpha value is -3.57. The van der Waals surface area contributed by atoms with E-state index in [1.807, 2.05) is 0 Å². The van der Waals surface area contributed by atoms with Gasteiger partial charge in [-0.3, -0.25) is 14.4 Å². The van der Waals surface area contributed by atoms with E-state index in [9.17, 15) is 45.0 Å². The number of carbonyl (C=O) groups is 3. The zero-order valence-electron chi connectivity index (χ0n) is 18.8. The van der Waals surface area contributed by atoms with Crippen molar-refractivity contribution in [3.63, 3.8) is 0 Å². The number of aliphatic hydroxyl groups is 6. The summed E-state index contributed by atoms with van der Waals surface area (Å²) in [6.45, 7) is 0. The van der Waals surface area contributed by atoms with E-state index >= 15 is 0 Å². The van der Waals surface area contributed by atoms with E-state index in [2.05, 4.69) is 0 Å². The van der Waals surface area contributed by atoms with Gasteiger partial charge in [-0.15, -0.1) is 0 Å². The fraction of sp³-hybridized carbons (Fsp3) is 0.222. The molecular weight excluding hydrogens is 468 g/mol. The van der Waals surface area contributed by atoms with Crippen LogP contribution in [0.15, 0.2) is 91.0 Å². The number of benzene rings is 3. The Morgan fingerprint density at radius 2 is 0.833 bits per heavy atom. The van der Waals surface area contributed by atoms with Crippen LogP contribution in [0.2, 0.25) is 0 Å². The van der Waals surface area contributed by atoms with E-state index in [0.29, 0.717) is 0 Å². The molecule has 9 heteroatoms. The fourth-order valence-corrected chi connectivity index (χ4v) is 4.69. The summed E-state index contributed by atoms with van der Waals surface area (Å²) in [4.78, 5) is 40.5. The number of carbonyl (C=O) groups excluding carboxylic acids is 3. The van der Waals surface area contributed by atoms with Crippen molar-refractivity contribution in [1.82, 2.24) is 0 Å². The summed E-state index contributed by atoms with van der Waals surface area (Å²) in [5, 5.41) is 68.0.